The molecule has 8 heteroatoms. The van der Waals surface area contributed by atoms with E-state index in [4.69, 9.17) is 9.84 Å². The molecule has 2 aromatic heterocycles. The van der Waals surface area contributed by atoms with E-state index < -0.39 is 5.97 Å². The maximum atomic E-state index is 12.2. The van der Waals surface area contributed by atoms with Crippen LogP contribution >= 0.6 is 11.3 Å². The molecule has 7 nitrogen and oxygen atoms in total. The average Bonchev–Trinajstić information content (AvgIpc) is 2.97. The summed E-state index contributed by atoms with van der Waals surface area (Å²) in [6.07, 6.45) is 1.41. The SMILES string of the molecule is COc1ccc(C(=O)Nc2nc3c(C)cc(C(=O)O)cc3s2)cn1. The van der Waals surface area contributed by atoms with E-state index in [1.165, 1.54) is 24.6 Å². The fourth-order valence-corrected chi connectivity index (χ4v) is 3.16. The first-order valence-electron chi connectivity index (χ1n) is 6.94. The minimum Gasteiger partial charge on any atom is -0.481 e. The second-order valence-corrected chi connectivity index (χ2v) is 6.04. The van der Waals surface area contributed by atoms with E-state index in [2.05, 4.69) is 15.3 Å². The van der Waals surface area contributed by atoms with Gasteiger partial charge in [-0.1, -0.05) is 11.3 Å². The van der Waals surface area contributed by atoms with Crippen molar-refractivity contribution in [1.82, 2.24) is 9.97 Å². The highest BCUT2D eigenvalue weighted by atomic mass is 32.1. The highest BCUT2D eigenvalue weighted by molar-refractivity contribution is 7.22. The Kier molecular flexibility index (Phi) is 4.13. The number of benzene rings is 1. The fraction of sp³-hybridized carbons (Fsp3) is 0.125. The minimum absolute atomic E-state index is 0.195. The molecule has 24 heavy (non-hydrogen) atoms. The molecule has 2 N–H and O–H groups in total. The first kappa shape index (κ1) is 15.9. The molecule has 0 atom stereocenters. The largest absolute Gasteiger partial charge is 0.481 e. The van der Waals surface area contributed by atoms with Crippen molar-refractivity contribution in [2.24, 2.45) is 0 Å². The zero-order valence-corrected chi connectivity index (χ0v) is 13.7. The van der Waals surface area contributed by atoms with Crippen LogP contribution in [0, 0.1) is 6.92 Å². The number of aromatic nitrogens is 2. The summed E-state index contributed by atoms with van der Waals surface area (Å²) in [6.45, 7) is 1.79. The lowest BCUT2D eigenvalue weighted by atomic mass is 10.1. The zero-order chi connectivity index (χ0) is 17.3. The molecule has 0 unspecified atom stereocenters. The van der Waals surface area contributed by atoms with Gasteiger partial charge in [0.15, 0.2) is 5.13 Å². The summed E-state index contributed by atoms with van der Waals surface area (Å²) in [4.78, 5) is 31.7. The molecule has 0 bridgehead atoms. The monoisotopic (exact) mass is 343 g/mol. The van der Waals surface area contributed by atoms with E-state index in [0.717, 1.165) is 5.56 Å². The van der Waals surface area contributed by atoms with Crippen molar-refractivity contribution in [3.05, 3.63) is 47.2 Å². The van der Waals surface area contributed by atoms with Gasteiger partial charge >= 0.3 is 5.97 Å². The quantitative estimate of drug-likeness (QED) is 0.755. The number of carboxylic acids is 1. The summed E-state index contributed by atoms with van der Waals surface area (Å²) in [5.41, 5.74) is 1.99. The number of nitrogens with one attached hydrogen (secondary N) is 1. The summed E-state index contributed by atoms with van der Waals surface area (Å²) in [7, 11) is 1.50. The smallest absolute Gasteiger partial charge is 0.335 e. The summed E-state index contributed by atoms with van der Waals surface area (Å²) < 4.78 is 5.65. The van der Waals surface area contributed by atoms with E-state index in [1.54, 1.807) is 31.2 Å². The lowest BCUT2D eigenvalue weighted by molar-refractivity contribution is 0.0696. The normalized spacial score (nSPS) is 10.6. The first-order valence-corrected chi connectivity index (χ1v) is 7.75. The van der Waals surface area contributed by atoms with Crippen molar-refractivity contribution in [3.8, 4) is 5.88 Å². The molecular weight excluding hydrogens is 330 g/mol. The molecule has 0 spiro atoms. The van der Waals surface area contributed by atoms with Gasteiger partial charge in [0.05, 0.1) is 28.5 Å². The molecule has 0 fully saturated rings. The number of carbonyl (C=O) groups excluding carboxylic acids is 1. The molecule has 0 aliphatic heterocycles. The Morgan fingerprint density at radius 3 is 2.67 bits per heavy atom. The summed E-state index contributed by atoms with van der Waals surface area (Å²) in [6, 6.07) is 6.30. The maximum absolute atomic E-state index is 12.2. The number of hydrogen-bond donors (Lipinski definition) is 2. The van der Waals surface area contributed by atoms with Crippen molar-refractivity contribution < 1.29 is 19.4 Å². The van der Waals surface area contributed by atoms with Gasteiger partial charge in [0.25, 0.3) is 5.91 Å². The number of hydrogen-bond acceptors (Lipinski definition) is 6. The zero-order valence-electron chi connectivity index (χ0n) is 12.9. The third kappa shape index (κ3) is 3.04. The van der Waals surface area contributed by atoms with E-state index in [-0.39, 0.29) is 11.5 Å². The predicted octanol–water partition coefficient (Wildman–Crippen LogP) is 2.96. The summed E-state index contributed by atoms with van der Waals surface area (Å²) in [5, 5.41) is 12.2. The van der Waals surface area contributed by atoms with Crippen LogP contribution < -0.4 is 10.1 Å². The molecule has 0 saturated heterocycles. The van der Waals surface area contributed by atoms with Crippen molar-refractivity contribution in [3.63, 3.8) is 0 Å². The number of carboxylic acid groups (broad SMARTS) is 1. The van der Waals surface area contributed by atoms with Crippen molar-refractivity contribution in [2.75, 3.05) is 12.4 Å². The average molecular weight is 343 g/mol. The Morgan fingerprint density at radius 1 is 1.25 bits per heavy atom. The Hall–Kier alpha value is -3.00. The molecule has 2 heterocycles. The predicted molar refractivity (Wildman–Crippen MR) is 90.1 cm³/mol. The first-order chi connectivity index (χ1) is 11.5. The standard InChI is InChI=1S/C16H13N3O4S/c1-8-5-10(15(21)22)6-11-13(8)18-16(24-11)19-14(20)9-3-4-12(23-2)17-7-9/h3-7H,1-2H3,(H,21,22)(H,18,19,20). The number of rotatable bonds is 4. The Bertz CT molecular complexity index is 934. The number of ether oxygens (including phenoxy) is 1. The third-order valence-corrected chi connectivity index (χ3v) is 4.28. The number of aromatic carboxylic acids is 1. The molecule has 0 aliphatic carbocycles. The minimum atomic E-state index is -0.997. The molecular formula is C16H13N3O4S. The lowest BCUT2D eigenvalue weighted by Crippen LogP contribution is -2.11. The molecule has 0 aliphatic rings. The Morgan fingerprint density at radius 2 is 2.04 bits per heavy atom. The lowest BCUT2D eigenvalue weighted by Gasteiger charge is -2.02. The Labute approximate surface area is 140 Å². The van der Waals surface area contributed by atoms with E-state index in [0.29, 0.717) is 26.8 Å². The van der Waals surface area contributed by atoms with Crippen LogP contribution in [-0.2, 0) is 0 Å². The van der Waals surface area contributed by atoms with Crippen LogP contribution in [0.5, 0.6) is 5.88 Å². The highest BCUT2D eigenvalue weighted by Crippen LogP contribution is 2.29. The number of pyridine rings is 1. The number of anilines is 1. The van der Waals surface area contributed by atoms with Gasteiger partial charge in [0.2, 0.25) is 5.88 Å². The van der Waals surface area contributed by atoms with E-state index >= 15 is 0 Å². The molecule has 0 radical (unpaired) electrons. The van der Waals surface area contributed by atoms with Crippen molar-refractivity contribution in [1.29, 1.82) is 0 Å². The second kappa shape index (κ2) is 6.25. The Balaban J connectivity index is 1.88. The molecule has 0 saturated carbocycles. The number of fused-ring (bicyclic) bond motifs is 1. The molecule has 3 aromatic rings. The number of amides is 1. The summed E-state index contributed by atoms with van der Waals surface area (Å²) >= 11 is 1.22. The van der Waals surface area contributed by atoms with Crippen LogP contribution in [0.3, 0.4) is 0 Å². The van der Waals surface area contributed by atoms with Gasteiger partial charge in [-0.25, -0.2) is 14.8 Å². The fourth-order valence-electron chi connectivity index (χ4n) is 2.18. The topological polar surface area (TPSA) is 101 Å². The van der Waals surface area contributed by atoms with Gasteiger partial charge < -0.3 is 9.84 Å². The number of thiazole rings is 1. The van der Waals surface area contributed by atoms with Gasteiger partial charge in [-0.3, -0.25) is 10.1 Å². The number of aryl methyl sites for hydroxylation is 1. The van der Waals surface area contributed by atoms with Gasteiger partial charge in [0, 0.05) is 12.3 Å². The van der Waals surface area contributed by atoms with Crippen LogP contribution in [0.2, 0.25) is 0 Å². The molecule has 1 amide bonds. The van der Waals surface area contributed by atoms with Crippen molar-refractivity contribution >= 4 is 38.6 Å². The van der Waals surface area contributed by atoms with Gasteiger partial charge in [0.1, 0.15) is 0 Å². The van der Waals surface area contributed by atoms with Gasteiger partial charge in [-0.2, -0.15) is 0 Å². The number of carbonyl (C=O) groups is 2. The molecule has 1 aromatic carbocycles. The van der Waals surface area contributed by atoms with Crippen LogP contribution in [0.15, 0.2) is 30.5 Å². The van der Waals surface area contributed by atoms with Crippen LogP contribution in [0.25, 0.3) is 10.2 Å². The summed E-state index contributed by atoms with van der Waals surface area (Å²) in [5.74, 6) is -0.924. The highest BCUT2D eigenvalue weighted by Gasteiger charge is 2.14. The number of methoxy groups -OCH3 is 1. The van der Waals surface area contributed by atoms with Gasteiger partial charge in [-0.05, 0) is 30.7 Å². The second-order valence-electron chi connectivity index (χ2n) is 5.01. The van der Waals surface area contributed by atoms with E-state index in [1.807, 2.05) is 0 Å². The van der Waals surface area contributed by atoms with Crippen molar-refractivity contribution in [2.45, 2.75) is 6.92 Å². The molecule has 122 valence electrons. The third-order valence-electron chi connectivity index (χ3n) is 3.36. The number of nitrogens with zero attached hydrogens (tertiary/aromatic N) is 2. The van der Waals surface area contributed by atoms with Crippen LogP contribution in [0.4, 0.5) is 5.13 Å². The van der Waals surface area contributed by atoms with Gasteiger partial charge in [-0.15, -0.1) is 0 Å². The maximum Gasteiger partial charge on any atom is 0.335 e. The van der Waals surface area contributed by atoms with E-state index in [9.17, 15) is 9.59 Å². The molecule has 3 rings (SSSR count). The van der Waals surface area contributed by atoms with Crippen LogP contribution in [0.1, 0.15) is 26.3 Å². The van der Waals surface area contributed by atoms with Crippen LogP contribution in [-0.4, -0.2) is 34.1 Å².